The van der Waals surface area contributed by atoms with Gasteiger partial charge in [0.05, 0.1) is 16.4 Å². The Morgan fingerprint density at radius 2 is 2.05 bits per heavy atom. The zero-order valence-corrected chi connectivity index (χ0v) is 14.5. The summed E-state index contributed by atoms with van der Waals surface area (Å²) in [7, 11) is 0. The van der Waals surface area contributed by atoms with Gasteiger partial charge in [0, 0.05) is 29.6 Å². The summed E-state index contributed by atoms with van der Waals surface area (Å²) in [5.41, 5.74) is 3.65. The Kier molecular flexibility index (Phi) is 5.53. The van der Waals surface area contributed by atoms with Crippen LogP contribution in [0.3, 0.4) is 0 Å². The lowest BCUT2D eigenvalue weighted by atomic mass is 10.1. The Labute approximate surface area is 131 Å². The van der Waals surface area contributed by atoms with E-state index < -0.39 is 0 Å². The van der Waals surface area contributed by atoms with Gasteiger partial charge in [0.1, 0.15) is 0 Å². The number of hydrogen-bond donors (Lipinski definition) is 1. The van der Waals surface area contributed by atoms with Crippen LogP contribution in [0.2, 0.25) is 0 Å². The highest BCUT2D eigenvalue weighted by molar-refractivity contribution is 7.11. The molecule has 0 aliphatic rings. The molecule has 116 valence electrons. The SMILES string of the molecule is CCNC(Cc1cc(CC)nn1CC)c1sc(C)nc1C. The monoisotopic (exact) mass is 306 g/mol. The first-order chi connectivity index (χ1) is 10.1. The highest BCUT2D eigenvalue weighted by Gasteiger charge is 2.19. The van der Waals surface area contributed by atoms with Crippen molar-refractivity contribution < 1.29 is 0 Å². The summed E-state index contributed by atoms with van der Waals surface area (Å²) in [5, 5.41) is 9.41. The highest BCUT2D eigenvalue weighted by Crippen LogP contribution is 2.27. The first kappa shape index (κ1) is 16.2. The molecule has 1 atom stereocenters. The van der Waals surface area contributed by atoms with Gasteiger partial charge in [-0.05, 0) is 39.8 Å². The van der Waals surface area contributed by atoms with Gasteiger partial charge in [-0.2, -0.15) is 5.10 Å². The number of hydrogen-bond acceptors (Lipinski definition) is 4. The maximum absolute atomic E-state index is 4.66. The molecule has 2 aromatic heterocycles. The lowest BCUT2D eigenvalue weighted by Gasteiger charge is -2.17. The molecule has 0 aliphatic carbocycles. The average molecular weight is 306 g/mol. The van der Waals surface area contributed by atoms with E-state index in [0.29, 0.717) is 6.04 Å². The number of aryl methyl sites for hydroxylation is 4. The van der Waals surface area contributed by atoms with Crippen LogP contribution in [-0.4, -0.2) is 21.3 Å². The quantitative estimate of drug-likeness (QED) is 0.852. The van der Waals surface area contributed by atoms with Crippen LogP contribution in [0.15, 0.2) is 6.07 Å². The fraction of sp³-hybridized carbons (Fsp3) is 0.625. The molecule has 0 amide bonds. The number of rotatable bonds is 7. The molecule has 0 saturated heterocycles. The Balaban J connectivity index is 2.27. The van der Waals surface area contributed by atoms with Gasteiger partial charge < -0.3 is 5.32 Å². The third kappa shape index (κ3) is 3.71. The second-order valence-electron chi connectivity index (χ2n) is 5.29. The Morgan fingerprint density at radius 1 is 1.29 bits per heavy atom. The number of aromatic nitrogens is 3. The summed E-state index contributed by atoms with van der Waals surface area (Å²) in [6, 6.07) is 2.57. The standard InChI is InChI=1S/C16H26N4S/c1-6-13-9-14(20(8-3)19-13)10-15(17-7-2)16-11(4)18-12(5)21-16/h9,15,17H,6-8,10H2,1-5H3. The van der Waals surface area contributed by atoms with Gasteiger partial charge in [-0.25, -0.2) is 4.98 Å². The van der Waals surface area contributed by atoms with E-state index in [1.54, 1.807) is 11.3 Å². The molecule has 0 bridgehead atoms. The van der Waals surface area contributed by atoms with Crippen LogP contribution in [0.1, 0.15) is 53.8 Å². The molecular formula is C16H26N4S. The molecule has 2 rings (SSSR count). The number of thiazole rings is 1. The Morgan fingerprint density at radius 3 is 2.57 bits per heavy atom. The van der Waals surface area contributed by atoms with Crippen LogP contribution >= 0.6 is 11.3 Å². The summed E-state index contributed by atoms with van der Waals surface area (Å²) < 4.78 is 2.13. The minimum atomic E-state index is 0.327. The van der Waals surface area contributed by atoms with Crippen LogP contribution in [0.4, 0.5) is 0 Å². The molecule has 0 spiro atoms. The zero-order chi connectivity index (χ0) is 15.4. The van der Waals surface area contributed by atoms with Crippen LogP contribution in [0.5, 0.6) is 0 Å². The molecule has 0 radical (unpaired) electrons. The van der Waals surface area contributed by atoms with E-state index in [9.17, 15) is 0 Å². The van der Waals surface area contributed by atoms with E-state index >= 15 is 0 Å². The third-order valence-electron chi connectivity index (χ3n) is 3.70. The summed E-state index contributed by atoms with van der Waals surface area (Å²) in [6.45, 7) is 12.5. The van der Waals surface area contributed by atoms with Crippen molar-refractivity contribution in [3.05, 3.63) is 33.0 Å². The molecule has 0 fully saturated rings. The van der Waals surface area contributed by atoms with Crippen molar-refractivity contribution in [3.63, 3.8) is 0 Å². The maximum atomic E-state index is 4.66. The summed E-state index contributed by atoms with van der Waals surface area (Å²) in [6.07, 6.45) is 1.96. The van der Waals surface area contributed by atoms with Gasteiger partial charge in [0.25, 0.3) is 0 Å². The van der Waals surface area contributed by atoms with Crippen molar-refractivity contribution in [1.29, 1.82) is 0 Å². The minimum Gasteiger partial charge on any atom is -0.309 e. The number of likely N-dealkylation sites (N-methyl/N-ethyl adjacent to an activating group) is 1. The van der Waals surface area contributed by atoms with Crippen molar-refractivity contribution in [1.82, 2.24) is 20.1 Å². The fourth-order valence-electron chi connectivity index (χ4n) is 2.71. The first-order valence-corrected chi connectivity index (χ1v) is 8.63. The van der Waals surface area contributed by atoms with Gasteiger partial charge in [0.2, 0.25) is 0 Å². The average Bonchev–Trinajstić information content (AvgIpc) is 3.01. The van der Waals surface area contributed by atoms with E-state index in [4.69, 9.17) is 0 Å². The predicted molar refractivity (Wildman–Crippen MR) is 89.0 cm³/mol. The molecule has 21 heavy (non-hydrogen) atoms. The molecule has 0 aromatic carbocycles. The van der Waals surface area contributed by atoms with E-state index in [0.717, 1.165) is 36.6 Å². The third-order valence-corrected chi connectivity index (χ3v) is 4.88. The van der Waals surface area contributed by atoms with Crippen LogP contribution in [-0.2, 0) is 19.4 Å². The smallest absolute Gasteiger partial charge is 0.0900 e. The van der Waals surface area contributed by atoms with Crippen LogP contribution in [0, 0.1) is 13.8 Å². The second kappa shape index (κ2) is 7.18. The Bertz CT molecular complexity index is 585. The minimum absolute atomic E-state index is 0.327. The van der Waals surface area contributed by atoms with Crippen molar-refractivity contribution >= 4 is 11.3 Å². The largest absolute Gasteiger partial charge is 0.309 e. The zero-order valence-electron chi connectivity index (χ0n) is 13.7. The molecule has 1 unspecified atom stereocenters. The van der Waals surface area contributed by atoms with Gasteiger partial charge >= 0.3 is 0 Å². The van der Waals surface area contributed by atoms with E-state index in [1.807, 2.05) is 0 Å². The van der Waals surface area contributed by atoms with Gasteiger partial charge in [-0.3, -0.25) is 4.68 Å². The van der Waals surface area contributed by atoms with E-state index in [2.05, 4.69) is 60.8 Å². The molecular weight excluding hydrogens is 280 g/mol. The number of nitrogens with one attached hydrogen (secondary N) is 1. The summed E-state index contributed by atoms with van der Waals surface area (Å²) in [5.74, 6) is 0. The highest BCUT2D eigenvalue weighted by atomic mass is 32.1. The van der Waals surface area contributed by atoms with Gasteiger partial charge in [0.15, 0.2) is 0 Å². The van der Waals surface area contributed by atoms with E-state index in [1.165, 1.54) is 16.3 Å². The maximum Gasteiger partial charge on any atom is 0.0900 e. The van der Waals surface area contributed by atoms with E-state index in [-0.39, 0.29) is 0 Å². The molecule has 4 nitrogen and oxygen atoms in total. The molecule has 0 aliphatic heterocycles. The van der Waals surface area contributed by atoms with Crippen molar-refractivity contribution in [2.75, 3.05) is 6.54 Å². The molecule has 1 N–H and O–H groups in total. The number of nitrogens with zero attached hydrogens (tertiary/aromatic N) is 3. The lowest BCUT2D eigenvalue weighted by molar-refractivity contribution is 0.519. The van der Waals surface area contributed by atoms with Crippen LogP contribution < -0.4 is 5.32 Å². The van der Waals surface area contributed by atoms with Gasteiger partial charge in [-0.1, -0.05) is 13.8 Å². The van der Waals surface area contributed by atoms with Crippen molar-refractivity contribution in [2.24, 2.45) is 0 Å². The molecule has 2 aromatic rings. The van der Waals surface area contributed by atoms with Gasteiger partial charge in [-0.15, -0.1) is 11.3 Å². The normalized spacial score (nSPS) is 12.8. The summed E-state index contributed by atoms with van der Waals surface area (Å²) >= 11 is 1.80. The van der Waals surface area contributed by atoms with Crippen molar-refractivity contribution in [2.45, 2.75) is 60.0 Å². The lowest BCUT2D eigenvalue weighted by Crippen LogP contribution is -2.24. The first-order valence-electron chi connectivity index (χ1n) is 7.81. The molecule has 2 heterocycles. The summed E-state index contributed by atoms with van der Waals surface area (Å²) in [4.78, 5) is 5.93. The predicted octanol–water partition coefficient (Wildman–Crippen LogP) is 3.43. The fourth-order valence-corrected chi connectivity index (χ4v) is 3.71. The van der Waals surface area contributed by atoms with Crippen molar-refractivity contribution in [3.8, 4) is 0 Å². The Hall–Kier alpha value is -1.20. The molecule has 0 saturated carbocycles. The topological polar surface area (TPSA) is 42.7 Å². The second-order valence-corrected chi connectivity index (χ2v) is 6.53. The van der Waals surface area contributed by atoms with Crippen LogP contribution in [0.25, 0.3) is 0 Å². The molecule has 5 heteroatoms.